The molecule has 0 unspecified atom stereocenters. The van der Waals surface area contributed by atoms with E-state index in [0.29, 0.717) is 5.92 Å². The van der Waals surface area contributed by atoms with Crippen LogP contribution in [0.5, 0.6) is 0 Å². The van der Waals surface area contributed by atoms with Crippen LogP contribution in [0.1, 0.15) is 62.8 Å². The minimum absolute atomic E-state index is 0.278. The number of aliphatic carboxylic acids is 1. The van der Waals surface area contributed by atoms with E-state index in [-0.39, 0.29) is 6.42 Å². The Kier molecular flexibility index (Phi) is 6.52. The Labute approximate surface area is 127 Å². The molecule has 1 saturated carbocycles. The third kappa shape index (κ3) is 5.37. The molecule has 0 aromatic heterocycles. The topological polar surface area (TPSA) is 37.3 Å². The van der Waals surface area contributed by atoms with Crippen molar-refractivity contribution in [2.75, 3.05) is 0 Å². The lowest BCUT2D eigenvalue weighted by atomic mass is 9.74. The maximum Gasteiger partial charge on any atom is 0.303 e. The summed E-state index contributed by atoms with van der Waals surface area (Å²) in [6.45, 7) is 0. The van der Waals surface area contributed by atoms with Crippen LogP contribution in [0.15, 0.2) is 42.5 Å². The van der Waals surface area contributed by atoms with E-state index in [1.807, 2.05) is 0 Å². The van der Waals surface area contributed by atoms with Crippen LogP contribution in [0.25, 0.3) is 0 Å². The Hall–Kier alpha value is -1.57. The lowest BCUT2D eigenvalue weighted by Crippen LogP contribution is -2.17. The first kappa shape index (κ1) is 15.8. The fourth-order valence-corrected chi connectivity index (χ4v) is 3.39. The molecule has 1 N–H and O–H groups in total. The lowest BCUT2D eigenvalue weighted by molar-refractivity contribution is -0.137. The summed E-state index contributed by atoms with van der Waals surface area (Å²) in [5.74, 6) is 0.750. The van der Waals surface area contributed by atoms with E-state index in [0.717, 1.165) is 25.2 Å². The van der Waals surface area contributed by atoms with Gasteiger partial charge in [0.25, 0.3) is 0 Å². The van der Waals surface area contributed by atoms with Crippen molar-refractivity contribution in [3.8, 4) is 0 Å². The fourth-order valence-electron chi connectivity index (χ4n) is 3.39. The molecule has 21 heavy (non-hydrogen) atoms. The molecule has 0 bridgehead atoms. The monoisotopic (exact) mass is 286 g/mol. The molecular formula is C19H26O2. The molecule has 2 rings (SSSR count). The first-order valence-electron chi connectivity index (χ1n) is 8.19. The van der Waals surface area contributed by atoms with Crippen molar-refractivity contribution in [1.82, 2.24) is 0 Å². The van der Waals surface area contributed by atoms with Gasteiger partial charge in [-0.05, 0) is 49.5 Å². The summed E-state index contributed by atoms with van der Waals surface area (Å²) in [4.78, 5) is 10.5. The summed E-state index contributed by atoms with van der Waals surface area (Å²) in [5, 5.41) is 8.61. The number of carboxylic acids is 1. The Balaban J connectivity index is 1.82. The molecule has 0 saturated heterocycles. The van der Waals surface area contributed by atoms with Crippen molar-refractivity contribution in [3.05, 3.63) is 48.0 Å². The van der Waals surface area contributed by atoms with Gasteiger partial charge < -0.3 is 5.11 Å². The van der Waals surface area contributed by atoms with Crippen LogP contribution in [0.2, 0.25) is 0 Å². The molecule has 1 fully saturated rings. The zero-order chi connectivity index (χ0) is 14.9. The van der Waals surface area contributed by atoms with Crippen molar-refractivity contribution < 1.29 is 9.90 Å². The maximum absolute atomic E-state index is 10.5. The molecule has 1 aromatic carbocycles. The third-order valence-corrected chi connectivity index (χ3v) is 4.50. The predicted octanol–water partition coefficient (Wildman–Crippen LogP) is 5.16. The number of hydrogen-bond acceptors (Lipinski definition) is 1. The largest absolute Gasteiger partial charge is 0.481 e. The zero-order valence-corrected chi connectivity index (χ0v) is 12.7. The third-order valence-electron chi connectivity index (χ3n) is 4.50. The molecule has 0 amide bonds. The first-order valence-corrected chi connectivity index (χ1v) is 8.19. The second kappa shape index (κ2) is 8.66. The molecule has 2 nitrogen and oxygen atoms in total. The lowest BCUT2D eigenvalue weighted by Gasteiger charge is -2.31. The molecule has 1 aromatic rings. The number of carboxylic acid groups (broad SMARTS) is 1. The summed E-state index contributed by atoms with van der Waals surface area (Å²) in [7, 11) is 0. The van der Waals surface area contributed by atoms with Gasteiger partial charge in [-0.15, -0.1) is 0 Å². The average Bonchev–Trinajstić information content (AvgIpc) is 2.52. The molecule has 0 heterocycles. The number of carbonyl (C=O) groups is 1. The van der Waals surface area contributed by atoms with E-state index < -0.39 is 5.97 Å². The second-order valence-corrected chi connectivity index (χ2v) is 6.05. The highest BCUT2D eigenvalue weighted by atomic mass is 16.4. The standard InChI is InChI=1S/C19H26O2/c20-19(21)15-7-2-1-4-10-17-13-8-9-14-18(17)16-11-5-3-6-12-16/h1,3-6,11-12,17-18H,2,7-10,13-15H2,(H,20,21)/b4-1-/t17-,18-/m0/s1. The van der Waals surface area contributed by atoms with Gasteiger partial charge in [0.05, 0.1) is 0 Å². The molecule has 2 heteroatoms. The first-order chi connectivity index (χ1) is 10.3. The molecule has 1 aliphatic carbocycles. The molecule has 0 aliphatic heterocycles. The van der Waals surface area contributed by atoms with Crippen molar-refractivity contribution >= 4 is 5.97 Å². The molecule has 0 spiro atoms. The van der Waals surface area contributed by atoms with Gasteiger partial charge in [0.2, 0.25) is 0 Å². The van der Waals surface area contributed by atoms with Crippen molar-refractivity contribution in [2.45, 2.75) is 57.3 Å². The maximum atomic E-state index is 10.5. The number of hydrogen-bond donors (Lipinski definition) is 1. The molecular weight excluding hydrogens is 260 g/mol. The predicted molar refractivity (Wildman–Crippen MR) is 86.4 cm³/mol. The van der Waals surface area contributed by atoms with E-state index >= 15 is 0 Å². The van der Waals surface area contributed by atoms with Gasteiger partial charge >= 0.3 is 5.97 Å². The number of unbranched alkanes of at least 4 members (excludes halogenated alkanes) is 1. The number of rotatable bonds is 7. The summed E-state index contributed by atoms with van der Waals surface area (Å²) < 4.78 is 0. The summed E-state index contributed by atoms with van der Waals surface area (Å²) in [6.07, 6.45) is 12.8. The van der Waals surface area contributed by atoms with Crippen LogP contribution in [0.4, 0.5) is 0 Å². The molecule has 2 atom stereocenters. The summed E-state index contributed by atoms with van der Waals surface area (Å²) in [5.41, 5.74) is 1.49. The Morgan fingerprint density at radius 2 is 1.90 bits per heavy atom. The van der Waals surface area contributed by atoms with Crippen LogP contribution < -0.4 is 0 Å². The van der Waals surface area contributed by atoms with Crippen LogP contribution >= 0.6 is 0 Å². The van der Waals surface area contributed by atoms with Crippen LogP contribution in [-0.2, 0) is 4.79 Å². The van der Waals surface area contributed by atoms with Crippen molar-refractivity contribution in [2.24, 2.45) is 5.92 Å². The van der Waals surface area contributed by atoms with Gasteiger partial charge in [-0.25, -0.2) is 0 Å². The number of benzene rings is 1. The molecule has 0 radical (unpaired) electrons. The van der Waals surface area contributed by atoms with Crippen LogP contribution in [0.3, 0.4) is 0 Å². The van der Waals surface area contributed by atoms with Gasteiger partial charge in [-0.2, -0.15) is 0 Å². The minimum Gasteiger partial charge on any atom is -0.481 e. The van der Waals surface area contributed by atoms with Crippen LogP contribution in [0, 0.1) is 5.92 Å². The zero-order valence-electron chi connectivity index (χ0n) is 12.7. The smallest absolute Gasteiger partial charge is 0.303 e. The highest BCUT2D eigenvalue weighted by Crippen LogP contribution is 2.39. The van der Waals surface area contributed by atoms with Crippen LogP contribution in [-0.4, -0.2) is 11.1 Å². The molecule has 114 valence electrons. The Bertz CT molecular complexity index is 450. The fraction of sp³-hybridized carbons (Fsp3) is 0.526. The quantitative estimate of drug-likeness (QED) is 0.555. The Morgan fingerprint density at radius 1 is 1.14 bits per heavy atom. The van der Waals surface area contributed by atoms with Gasteiger partial charge in [0, 0.05) is 6.42 Å². The highest BCUT2D eigenvalue weighted by Gasteiger charge is 2.25. The van der Waals surface area contributed by atoms with Gasteiger partial charge in [0.1, 0.15) is 0 Å². The van der Waals surface area contributed by atoms with Gasteiger partial charge in [-0.3, -0.25) is 4.79 Å². The second-order valence-electron chi connectivity index (χ2n) is 6.05. The van der Waals surface area contributed by atoms with E-state index in [1.54, 1.807) is 0 Å². The van der Waals surface area contributed by atoms with Gasteiger partial charge in [-0.1, -0.05) is 55.3 Å². The van der Waals surface area contributed by atoms with E-state index in [1.165, 1.54) is 31.2 Å². The van der Waals surface area contributed by atoms with E-state index in [2.05, 4.69) is 42.5 Å². The van der Waals surface area contributed by atoms with Crippen molar-refractivity contribution in [1.29, 1.82) is 0 Å². The SMILES string of the molecule is O=C(O)CCC/C=C\C[C@H]1CCCC[C@H]1c1ccccc1. The van der Waals surface area contributed by atoms with Gasteiger partial charge in [0.15, 0.2) is 0 Å². The minimum atomic E-state index is -0.695. The average molecular weight is 286 g/mol. The van der Waals surface area contributed by atoms with E-state index in [4.69, 9.17) is 5.11 Å². The normalized spacial score (nSPS) is 22.5. The summed E-state index contributed by atoms with van der Waals surface area (Å²) >= 11 is 0. The van der Waals surface area contributed by atoms with Crippen molar-refractivity contribution in [3.63, 3.8) is 0 Å². The van der Waals surface area contributed by atoms with E-state index in [9.17, 15) is 4.79 Å². The highest BCUT2D eigenvalue weighted by molar-refractivity contribution is 5.66. The number of allylic oxidation sites excluding steroid dienone is 2. The molecule has 1 aliphatic rings. The summed E-state index contributed by atoms with van der Waals surface area (Å²) in [6, 6.07) is 10.9. The Morgan fingerprint density at radius 3 is 2.67 bits per heavy atom.